The zero-order valence-electron chi connectivity index (χ0n) is 17.2. The smallest absolute Gasteiger partial charge is 0.146 e. The average molecular weight is 421 g/mol. The number of hydrogen-bond acceptors (Lipinski definition) is 1. The van der Waals surface area contributed by atoms with Crippen LogP contribution in [0.25, 0.3) is 39.6 Å². The van der Waals surface area contributed by atoms with E-state index in [1.807, 2.05) is 36.4 Å². The number of aromatic nitrogens is 2. The van der Waals surface area contributed by atoms with Crippen LogP contribution in [0.3, 0.4) is 0 Å². The van der Waals surface area contributed by atoms with Crippen molar-refractivity contribution in [2.75, 3.05) is 0 Å². The number of benzene rings is 4. The number of imidazole rings is 1. The van der Waals surface area contributed by atoms with Gasteiger partial charge in [-0.15, -0.1) is 0 Å². The van der Waals surface area contributed by atoms with Crippen molar-refractivity contribution in [3.8, 4) is 39.6 Å². The minimum Gasteiger partial charge on any atom is -0.292 e. The Kier molecular flexibility index (Phi) is 5.15. The third-order valence-corrected chi connectivity index (χ3v) is 5.69. The fraction of sp³-hybridized carbons (Fsp3) is 0.0357. The van der Waals surface area contributed by atoms with Gasteiger partial charge in [0.05, 0.1) is 11.4 Å². The molecule has 0 aliphatic rings. The van der Waals surface area contributed by atoms with Crippen LogP contribution in [0, 0.1) is 6.92 Å². The molecule has 0 aliphatic heterocycles. The Bertz CT molecular complexity index is 1320. The van der Waals surface area contributed by atoms with Crippen LogP contribution < -0.4 is 0 Å². The Morgan fingerprint density at radius 2 is 1.23 bits per heavy atom. The first-order chi connectivity index (χ1) is 15.2. The second-order valence-electron chi connectivity index (χ2n) is 7.49. The number of rotatable bonds is 4. The maximum Gasteiger partial charge on any atom is 0.146 e. The van der Waals surface area contributed by atoms with E-state index in [0.717, 1.165) is 39.6 Å². The summed E-state index contributed by atoms with van der Waals surface area (Å²) >= 11 is 6.21. The molecule has 0 bridgehead atoms. The molecule has 0 fully saturated rings. The molecule has 0 N–H and O–H groups in total. The Labute approximate surface area is 187 Å². The summed E-state index contributed by atoms with van der Waals surface area (Å²) in [5.74, 6) is 0.915. The average Bonchev–Trinajstić information content (AvgIpc) is 3.21. The number of aryl methyl sites for hydroxylation is 1. The summed E-state index contributed by atoms with van der Waals surface area (Å²) in [6.45, 7) is 2.13. The van der Waals surface area contributed by atoms with E-state index in [9.17, 15) is 0 Å². The van der Waals surface area contributed by atoms with Crippen LogP contribution >= 0.6 is 11.6 Å². The summed E-state index contributed by atoms with van der Waals surface area (Å²) < 4.78 is 2.25. The molecule has 2 nitrogen and oxygen atoms in total. The fourth-order valence-electron chi connectivity index (χ4n) is 3.93. The highest BCUT2D eigenvalue weighted by Gasteiger charge is 2.22. The highest BCUT2D eigenvalue weighted by Crippen LogP contribution is 2.39. The molecule has 0 saturated heterocycles. The van der Waals surface area contributed by atoms with Gasteiger partial charge in [-0.3, -0.25) is 4.57 Å². The molecule has 31 heavy (non-hydrogen) atoms. The van der Waals surface area contributed by atoms with Crippen molar-refractivity contribution in [2.45, 2.75) is 6.92 Å². The lowest BCUT2D eigenvalue weighted by Crippen LogP contribution is -2.01. The lowest BCUT2D eigenvalue weighted by atomic mass is 10.0. The Hall–Kier alpha value is -3.62. The molecule has 0 atom stereocenters. The maximum absolute atomic E-state index is 6.21. The first-order valence-electron chi connectivity index (χ1n) is 10.3. The predicted octanol–water partition coefficient (Wildman–Crippen LogP) is 7.84. The summed E-state index contributed by atoms with van der Waals surface area (Å²) in [5.41, 5.74) is 7.54. The van der Waals surface area contributed by atoms with Crippen LogP contribution in [0.5, 0.6) is 0 Å². The van der Waals surface area contributed by atoms with E-state index in [4.69, 9.17) is 16.6 Å². The molecule has 5 aromatic rings. The fourth-order valence-corrected chi connectivity index (χ4v) is 4.05. The van der Waals surface area contributed by atoms with E-state index in [1.165, 1.54) is 5.56 Å². The number of nitrogens with zero attached hydrogens (tertiary/aromatic N) is 2. The van der Waals surface area contributed by atoms with Gasteiger partial charge in [0.2, 0.25) is 0 Å². The van der Waals surface area contributed by atoms with Gasteiger partial charge in [0.25, 0.3) is 0 Å². The lowest BCUT2D eigenvalue weighted by Gasteiger charge is -2.14. The summed E-state index contributed by atoms with van der Waals surface area (Å²) in [5, 5.41) is 0.714. The molecule has 1 aromatic heterocycles. The summed E-state index contributed by atoms with van der Waals surface area (Å²) in [6, 6.07) is 37.1. The Morgan fingerprint density at radius 1 is 0.645 bits per heavy atom. The molecular formula is C28H21ClN2. The number of halogens is 1. The minimum absolute atomic E-state index is 0.714. The third kappa shape index (κ3) is 3.67. The van der Waals surface area contributed by atoms with Gasteiger partial charge in [-0.05, 0) is 36.8 Å². The minimum atomic E-state index is 0.714. The molecule has 0 unspecified atom stereocenters. The molecule has 0 spiro atoms. The van der Waals surface area contributed by atoms with Crippen LogP contribution in [0.4, 0.5) is 0 Å². The van der Waals surface area contributed by atoms with Crippen LogP contribution in [0.2, 0.25) is 5.02 Å². The van der Waals surface area contributed by atoms with Gasteiger partial charge in [-0.1, -0.05) is 96.5 Å². The van der Waals surface area contributed by atoms with Crippen molar-refractivity contribution < 1.29 is 0 Å². The van der Waals surface area contributed by atoms with Crippen molar-refractivity contribution in [1.29, 1.82) is 0 Å². The van der Waals surface area contributed by atoms with E-state index >= 15 is 0 Å². The molecule has 3 heteroatoms. The van der Waals surface area contributed by atoms with Gasteiger partial charge >= 0.3 is 0 Å². The second kappa shape index (κ2) is 8.25. The van der Waals surface area contributed by atoms with Gasteiger partial charge in [-0.25, -0.2) is 4.98 Å². The standard InChI is InChI=1S/C28H21ClN2/c1-20-10-8-9-15-25(20)28-30-26(21-11-4-2-5-12-21)27(22-13-6-3-7-14-22)31(28)24-18-16-23(29)17-19-24/h2-19H,1H3. The van der Waals surface area contributed by atoms with Gasteiger partial charge in [-0.2, -0.15) is 0 Å². The maximum atomic E-state index is 6.21. The lowest BCUT2D eigenvalue weighted by molar-refractivity contribution is 1.07. The largest absolute Gasteiger partial charge is 0.292 e. The number of hydrogen-bond donors (Lipinski definition) is 0. The third-order valence-electron chi connectivity index (χ3n) is 5.44. The van der Waals surface area contributed by atoms with Gasteiger partial charge in [0, 0.05) is 27.4 Å². The van der Waals surface area contributed by atoms with Crippen molar-refractivity contribution in [2.24, 2.45) is 0 Å². The van der Waals surface area contributed by atoms with Crippen molar-refractivity contribution in [3.63, 3.8) is 0 Å². The molecule has 0 aliphatic carbocycles. The molecular weight excluding hydrogens is 400 g/mol. The predicted molar refractivity (Wildman–Crippen MR) is 130 cm³/mol. The molecule has 5 rings (SSSR count). The molecule has 0 amide bonds. The molecule has 1 heterocycles. The first kappa shape index (κ1) is 19.3. The second-order valence-corrected chi connectivity index (χ2v) is 7.93. The Morgan fingerprint density at radius 3 is 1.87 bits per heavy atom. The summed E-state index contributed by atoms with van der Waals surface area (Å²) in [4.78, 5) is 5.22. The molecule has 0 saturated carbocycles. The zero-order valence-corrected chi connectivity index (χ0v) is 17.9. The first-order valence-corrected chi connectivity index (χ1v) is 10.7. The van der Waals surface area contributed by atoms with Crippen molar-refractivity contribution in [3.05, 3.63) is 120 Å². The molecule has 0 radical (unpaired) electrons. The van der Waals surface area contributed by atoms with Crippen LogP contribution in [0.1, 0.15) is 5.56 Å². The van der Waals surface area contributed by atoms with Gasteiger partial charge < -0.3 is 0 Å². The molecule has 4 aromatic carbocycles. The quantitative estimate of drug-likeness (QED) is 0.289. The van der Waals surface area contributed by atoms with Gasteiger partial charge in [0.15, 0.2) is 0 Å². The Balaban J connectivity index is 1.90. The van der Waals surface area contributed by atoms with Crippen LogP contribution in [0.15, 0.2) is 109 Å². The van der Waals surface area contributed by atoms with E-state index < -0.39 is 0 Å². The highest BCUT2D eigenvalue weighted by molar-refractivity contribution is 6.30. The van der Waals surface area contributed by atoms with Crippen molar-refractivity contribution >= 4 is 11.6 Å². The van der Waals surface area contributed by atoms with Crippen LogP contribution in [-0.4, -0.2) is 9.55 Å². The molecule has 150 valence electrons. The van der Waals surface area contributed by atoms with E-state index in [-0.39, 0.29) is 0 Å². The summed E-state index contributed by atoms with van der Waals surface area (Å²) in [7, 11) is 0. The van der Waals surface area contributed by atoms with Crippen molar-refractivity contribution in [1.82, 2.24) is 9.55 Å². The highest BCUT2D eigenvalue weighted by atomic mass is 35.5. The van der Waals surface area contributed by atoms with Gasteiger partial charge in [0.1, 0.15) is 5.82 Å². The SMILES string of the molecule is Cc1ccccc1-c1nc(-c2ccccc2)c(-c2ccccc2)n1-c1ccc(Cl)cc1. The summed E-state index contributed by atoms with van der Waals surface area (Å²) in [6.07, 6.45) is 0. The van der Waals surface area contributed by atoms with E-state index in [1.54, 1.807) is 0 Å². The zero-order chi connectivity index (χ0) is 21.2. The topological polar surface area (TPSA) is 17.8 Å². The van der Waals surface area contributed by atoms with Crippen LogP contribution in [-0.2, 0) is 0 Å². The normalized spacial score (nSPS) is 10.9. The van der Waals surface area contributed by atoms with E-state index in [0.29, 0.717) is 5.02 Å². The monoisotopic (exact) mass is 420 g/mol. The van der Waals surface area contributed by atoms with E-state index in [2.05, 4.69) is 84.3 Å².